The highest BCUT2D eigenvalue weighted by molar-refractivity contribution is 5.76. The van der Waals surface area contributed by atoms with Gasteiger partial charge in [-0.3, -0.25) is 9.78 Å². The summed E-state index contributed by atoms with van der Waals surface area (Å²) in [5, 5.41) is 2.82. The van der Waals surface area contributed by atoms with Gasteiger partial charge in [0.15, 0.2) is 0 Å². The van der Waals surface area contributed by atoms with Gasteiger partial charge in [0.1, 0.15) is 0 Å². The molecule has 0 saturated carbocycles. The Balaban J connectivity index is 2.29. The Morgan fingerprint density at radius 2 is 2.20 bits per heavy atom. The van der Waals surface area contributed by atoms with Crippen LogP contribution in [-0.2, 0) is 11.3 Å². The molecule has 1 aromatic heterocycles. The van der Waals surface area contributed by atoms with E-state index in [0.717, 1.165) is 12.0 Å². The van der Waals surface area contributed by atoms with E-state index in [1.165, 1.54) is 0 Å². The molecule has 15 heavy (non-hydrogen) atoms. The van der Waals surface area contributed by atoms with E-state index in [4.69, 9.17) is 5.73 Å². The zero-order valence-electron chi connectivity index (χ0n) is 8.94. The summed E-state index contributed by atoms with van der Waals surface area (Å²) >= 11 is 0. The molecule has 0 fully saturated rings. The first kappa shape index (κ1) is 11.7. The van der Waals surface area contributed by atoms with E-state index in [1.54, 1.807) is 12.4 Å². The van der Waals surface area contributed by atoms with Gasteiger partial charge in [-0.1, -0.05) is 6.92 Å². The summed E-state index contributed by atoms with van der Waals surface area (Å²) in [7, 11) is 0. The number of amides is 1. The SMILES string of the molecule is CCC(N)CC(=O)NCc1ccncc1. The first-order chi connectivity index (χ1) is 7.22. The molecule has 0 aliphatic heterocycles. The van der Waals surface area contributed by atoms with Gasteiger partial charge in [-0.05, 0) is 24.1 Å². The number of hydrogen-bond donors (Lipinski definition) is 2. The van der Waals surface area contributed by atoms with Crippen LogP contribution in [0.15, 0.2) is 24.5 Å². The summed E-state index contributed by atoms with van der Waals surface area (Å²) in [5.74, 6) is 0.00108. The quantitative estimate of drug-likeness (QED) is 0.751. The Labute approximate surface area is 89.9 Å². The average molecular weight is 207 g/mol. The Morgan fingerprint density at radius 1 is 1.53 bits per heavy atom. The van der Waals surface area contributed by atoms with Crippen LogP contribution in [0.2, 0.25) is 0 Å². The zero-order valence-corrected chi connectivity index (χ0v) is 8.94. The van der Waals surface area contributed by atoms with Gasteiger partial charge in [0.25, 0.3) is 0 Å². The molecule has 4 nitrogen and oxygen atoms in total. The number of carbonyl (C=O) groups excluding carboxylic acids is 1. The normalized spacial score (nSPS) is 12.1. The fourth-order valence-electron chi connectivity index (χ4n) is 1.16. The molecule has 0 spiro atoms. The summed E-state index contributed by atoms with van der Waals surface area (Å²) in [6, 6.07) is 3.71. The van der Waals surface area contributed by atoms with Crippen LogP contribution in [0.3, 0.4) is 0 Å². The number of nitrogens with one attached hydrogen (secondary N) is 1. The average Bonchev–Trinajstić information content (AvgIpc) is 2.27. The summed E-state index contributed by atoms with van der Waals surface area (Å²) in [6.07, 6.45) is 4.63. The second-order valence-electron chi connectivity index (χ2n) is 3.50. The molecule has 0 aromatic carbocycles. The molecule has 82 valence electrons. The molecule has 1 heterocycles. The third-order valence-electron chi connectivity index (χ3n) is 2.21. The number of carbonyl (C=O) groups is 1. The summed E-state index contributed by atoms with van der Waals surface area (Å²) < 4.78 is 0. The lowest BCUT2D eigenvalue weighted by Gasteiger charge is -2.09. The first-order valence-corrected chi connectivity index (χ1v) is 5.13. The number of nitrogens with two attached hydrogens (primary N) is 1. The van der Waals surface area contributed by atoms with Gasteiger partial charge < -0.3 is 11.1 Å². The second-order valence-corrected chi connectivity index (χ2v) is 3.50. The number of nitrogens with zero attached hydrogens (tertiary/aromatic N) is 1. The van der Waals surface area contributed by atoms with Crippen molar-refractivity contribution < 1.29 is 4.79 Å². The lowest BCUT2D eigenvalue weighted by molar-refractivity contribution is -0.121. The van der Waals surface area contributed by atoms with E-state index in [-0.39, 0.29) is 11.9 Å². The lowest BCUT2D eigenvalue weighted by atomic mass is 10.1. The predicted octanol–water partition coefficient (Wildman–Crippen LogP) is 0.825. The van der Waals surface area contributed by atoms with Crippen LogP contribution in [-0.4, -0.2) is 16.9 Å². The number of aromatic nitrogens is 1. The number of hydrogen-bond acceptors (Lipinski definition) is 3. The van der Waals surface area contributed by atoms with Crippen LogP contribution >= 0.6 is 0 Å². The Hall–Kier alpha value is -1.42. The Bertz CT molecular complexity index is 300. The highest BCUT2D eigenvalue weighted by Crippen LogP contribution is 1.97. The van der Waals surface area contributed by atoms with Gasteiger partial charge in [-0.15, -0.1) is 0 Å². The molecular formula is C11H17N3O. The van der Waals surface area contributed by atoms with E-state index in [0.29, 0.717) is 13.0 Å². The van der Waals surface area contributed by atoms with Crippen molar-refractivity contribution in [3.05, 3.63) is 30.1 Å². The molecule has 0 aliphatic rings. The maximum atomic E-state index is 11.4. The summed E-state index contributed by atoms with van der Waals surface area (Å²) in [4.78, 5) is 15.3. The molecule has 1 unspecified atom stereocenters. The van der Waals surface area contributed by atoms with E-state index in [9.17, 15) is 4.79 Å². The van der Waals surface area contributed by atoms with Crippen LogP contribution in [0.1, 0.15) is 25.3 Å². The first-order valence-electron chi connectivity index (χ1n) is 5.13. The minimum Gasteiger partial charge on any atom is -0.352 e. The van der Waals surface area contributed by atoms with Gasteiger partial charge in [-0.25, -0.2) is 0 Å². The highest BCUT2D eigenvalue weighted by Gasteiger charge is 2.06. The highest BCUT2D eigenvalue weighted by atomic mass is 16.1. The van der Waals surface area contributed by atoms with Crippen molar-refractivity contribution in [3.8, 4) is 0 Å². The van der Waals surface area contributed by atoms with Gasteiger partial charge in [-0.2, -0.15) is 0 Å². The van der Waals surface area contributed by atoms with Crippen molar-refractivity contribution in [2.24, 2.45) is 5.73 Å². The van der Waals surface area contributed by atoms with E-state index in [2.05, 4.69) is 10.3 Å². The van der Waals surface area contributed by atoms with E-state index < -0.39 is 0 Å². The van der Waals surface area contributed by atoms with Crippen LogP contribution in [0.5, 0.6) is 0 Å². The summed E-state index contributed by atoms with van der Waals surface area (Å²) in [6.45, 7) is 2.51. The molecule has 0 radical (unpaired) electrons. The predicted molar refractivity (Wildman–Crippen MR) is 59.0 cm³/mol. The number of rotatable bonds is 5. The fourth-order valence-corrected chi connectivity index (χ4v) is 1.16. The van der Waals surface area contributed by atoms with Crippen molar-refractivity contribution in [2.75, 3.05) is 0 Å². The second kappa shape index (κ2) is 6.14. The van der Waals surface area contributed by atoms with Crippen LogP contribution in [0.25, 0.3) is 0 Å². The van der Waals surface area contributed by atoms with Crippen LogP contribution in [0.4, 0.5) is 0 Å². The van der Waals surface area contributed by atoms with Crippen molar-refractivity contribution in [1.29, 1.82) is 0 Å². The van der Waals surface area contributed by atoms with Crippen LogP contribution in [0, 0.1) is 0 Å². The van der Waals surface area contributed by atoms with Gasteiger partial charge in [0, 0.05) is 31.4 Å². The van der Waals surface area contributed by atoms with E-state index >= 15 is 0 Å². The zero-order chi connectivity index (χ0) is 11.1. The molecule has 1 rings (SSSR count). The largest absolute Gasteiger partial charge is 0.352 e. The van der Waals surface area contributed by atoms with Gasteiger partial charge in [0.2, 0.25) is 5.91 Å². The van der Waals surface area contributed by atoms with Crippen molar-refractivity contribution in [2.45, 2.75) is 32.4 Å². The maximum absolute atomic E-state index is 11.4. The monoisotopic (exact) mass is 207 g/mol. The molecule has 4 heteroatoms. The molecule has 1 amide bonds. The van der Waals surface area contributed by atoms with E-state index in [1.807, 2.05) is 19.1 Å². The third-order valence-corrected chi connectivity index (χ3v) is 2.21. The smallest absolute Gasteiger partial charge is 0.221 e. The van der Waals surface area contributed by atoms with Crippen molar-refractivity contribution >= 4 is 5.91 Å². The standard InChI is InChI=1S/C11H17N3O/c1-2-10(12)7-11(15)14-8-9-3-5-13-6-4-9/h3-6,10H,2,7-8,12H2,1H3,(H,14,15). The maximum Gasteiger partial charge on any atom is 0.221 e. The molecule has 0 aliphatic carbocycles. The topological polar surface area (TPSA) is 68.0 Å². The molecule has 3 N–H and O–H groups in total. The summed E-state index contributed by atoms with van der Waals surface area (Å²) in [5.41, 5.74) is 6.72. The van der Waals surface area contributed by atoms with Crippen molar-refractivity contribution in [1.82, 2.24) is 10.3 Å². The van der Waals surface area contributed by atoms with Gasteiger partial charge >= 0.3 is 0 Å². The fraction of sp³-hybridized carbons (Fsp3) is 0.455. The van der Waals surface area contributed by atoms with Crippen molar-refractivity contribution in [3.63, 3.8) is 0 Å². The molecule has 1 atom stereocenters. The van der Waals surface area contributed by atoms with Gasteiger partial charge in [0.05, 0.1) is 0 Å². The minimum absolute atomic E-state index is 0.00108. The third kappa shape index (κ3) is 4.56. The Morgan fingerprint density at radius 3 is 2.80 bits per heavy atom. The molecule has 0 bridgehead atoms. The molecule has 0 saturated heterocycles. The molecule has 1 aromatic rings. The number of pyridine rings is 1. The molecular weight excluding hydrogens is 190 g/mol. The lowest BCUT2D eigenvalue weighted by Crippen LogP contribution is -2.30. The van der Waals surface area contributed by atoms with Crippen LogP contribution < -0.4 is 11.1 Å². The Kier molecular flexibility index (Phi) is 4.77. The minimum atomic E-state index is -0.0394.